The SMILES string of the molecule is Cc1ccc(NC(=O)Nc2ccc(C(F)(F)F)cc2)cc1-c1c(Cl)cnn1C. The Morgan fingerprint density at radius 1 is 1.07 bits per heavy atom. The van der Waals surface area contributed by atoms with Crippen molar-refractivity contribution in [1.82, 2.24) is 9.78 Å². The highest BCUT2D eigenvalue weighted by Gasteiger charge is 2.30. The summed E-state index contributed by atoms with van der Waals surface area (Å²) in [6.45, 7) is 1.91. The van der Waals surface area contributed by atoms with Gasteiger partial charge in [-0.25, -0.2) is 4.79 Å². The van der Waals surface area contributed by atoms with E-state index in [0.29, 0.717) is 16.4 Å². The molecule has 0 unspecified atom stereocenters. The Morgan fingerprint density at radius 3 is 2.25 bits per heavy atom. The van der Waals surface area contributed by atoms with Crippen LogP contribution in [-0.4, -0.2) is 15.8 Å². The molecule has 28 heavy (non-hydrogen) atoms. The van der Waals surface area contributed by atoms with Gasteiger partial charge in [-0.3, -0.25) is 4.68 Å². The van der Waals surface area contributed by atoms with Gasteiger partial charge in [-0.15, -0.1) is 0 Å². The van der Waals surface area contributed by atoms with Crippen LogP contribution in [0, 0.1) is 6.92 Å². The molecule has 2 N–H and O–H groups in total. The Bertz CT molecular complexity index is 994. The minimum Gasteiger partial charge on any atom is -0.308 e. The number of aryl methyl sites for hydroxylation is 2. The van der Waals surface area contributed by atoms with E-state index < -0.39 is 17.8 Å². The molecular formula is C19H16ClF3N4O. The smallest absolute Gasteiger partial charge is 0.308 e. The zero-order valence-electron chi connectivity index (χ0n) is 14.9. The standard InChI is InChI=1S/C19H16ClF3N4O/c1-11-3-6-14(9-15(11)17-16(20)10-24-27(17)2)26-18(28)25-13-7-4-12(5-8-13)19(21,22)23/h3-10H,1-2H3,(H2,25,26,28). The molecule has 146 valence electrons. The average Bonchev–Trinajstić information content (AvgIpc) is 2.95. The number of halogens is 4. The fraction of sp³-hybridized carbons (Fsp3) is 0.158. The molecule has 1 heterocycles. The summed E-state index contributed by atoms with van der Waals surface area (Å²) in [6.07, 6.45) is -2.89. The van der Waals surface area contributed by atoms with Crippen molar-refractivity contribution < 1.29 is 18.0 Å². The zero-order valence-corrected chi connectivity index (χ0v) is 15.7. The third-order valence-corrected chi connectivity index (χ3v) is 4.39. The van der Waals surface area contributed by atoms with E-state index in [-0.39, 0.29) is 5.69 Å². The molecule has 0 saturated carbocycles. The number of aromatic nitrogens is 2. The summed E-state index contributed by atoms with van der Waals surface area (Å²) in [5.74, 6) is 0. The van der Waals surface area contributed by atoms with E-state index in [1.54, 1.807) is 23.9 Å². The minimum absolute atomic E-state index is 0.243. The van der Waals surface area contributed by atoms with Crippen molar-refractivity contribution in [3.8, 4) is 11.3 Å². The number of rotatable bonds is 3. The van der Waals surface area contributed by atoms with Crippen LogP contribution >= 0.6 is 11.6 Å². The van der Waals surface area contributed by atoms with Crippen LogP contribution in [0.4, 0.5) is 29.3 Å². The molecule has 1 aromatic heterocycles. The maximum absolute atomic E-state index is 12.6. The van der Waals surface area contributed by atoms with Gasteiger partial charge in [0.1, 0.15) is 0 Å². The number of alkyl halides is 3. The number of anilines is 2. The molecule has 0 bridgehead atoms. The zero-order chi connectivity index (χ0) is 20.5. The third kappa shape index (κ3) is 4.28. The molecule has 0 atom stereocenters. The van der Waals surface area contributed by atoms with Crippen LogP contribution in [-0.2, 0) is 13.2 Å². The molecule has 0 saturated heterocycles. The van der Waals surface area contributed by atoms with Crippen LogP contribution in [0.2, 0.25) is 5.02 Å². The lowest BCUT2D eigenvalue weighted by Gasteiger charge is -2.12. The van der Waals surface area contributed by atoms with Gasteiger partial charge in [0.15, 0.2) is 0 Å². The fourth-order valence-corrected chi connectivity index (χ4v) is 2.97. The topological polar surface area (TPSA) is 59.0 Å². The number of benzene rings is 2. The molecule has 3 rings (SSSR count). The van der Waals surface area contributed by atoms with Gasteiger partial charge in [-0.05, 0) is 48.9 Å². The van der Waals surface area contributed by atoms with E-state index in [2.05, 4.69) is 15.7 Å². The molecule has 0 radical (unpaired) electrons. The van der Waals surface area contributed by atoms with Gasteiger partial charge in [0, 0.05) is 24.0 Å². The van der Waals surface area contributed by atoms with E-state index in [0.717, 1.165) is 23.3 Å². The van der Waals surface area contributed by atoms with Crippen molar-refractivity contribution in [3.05, 3.63) is 64.8 Å². The molecular weight excluding hydrogens is 393 g/mol. The first-order valence-corrected chi connectivity index (χ1v) is 8.57. The number of carbonyl (C=O) groups excluding carboxylic acids is 1. The minimum atomic E-state index is -4.42. The lowest BCUT2D eigenvalue weighted by atomic mass is 10.0. The number of hydrogen-bond donors (Lipinski definition) is 2. The second kappa shape index (κ2) is 7.55. The van der Waals surface area contributed by atoms with Gasteiger partial charge < -0.3 is 10.6 Å². The number of urea groups is 1. The number of carbonyl (C=O) groups is 1. The highest BCUT2D eigenvalue weighted by Crippen LogP contribution is 2.32. The largest absolute Gasteiger partial charge is 0.416 e. The molecule has 0 aliphatic heterocycles. The third-order valence-electron chi connectivity index (χ3n) is 4.11. The lowest BCUT2D eigenvalue weighted by molar-refractivity contribution is -0.137. The van der Waals surface area contributed by atoms with Gasteiger partial charge >= 0.3 is 12.2 Å². The predicted molar refractivity (Wildman–Crippen MR) is 102 cm³/mol. The van der Waals surface area contributed by atoms with Gasteiger partial charge in [-0.2, -0.15) is 18.3 Å². The second-order valence-electron chi connectivity index (χ2n) is 6.15. The Hall–Kier alpha value is -3.00. The lowest BCUT2D eigenvalue weighted by Crippen LogP contribution is -2.19. The number of nitrogens with one attached hydrogen (secondary N) is 2. The first-order chi connectivity index (χ1) is 13.1. The molecule has 5 nitrogen and oxygen atoms in total. The monoisotopic (exact) mass is 408 g/mol. The van der Waals surface area contributed by atoms with Gasteiger partial charge in [0.25, 0.3) is 0 Å². The molecule has 0 spiro atoms. The Kier molecular flexibility index (Phi) is 5.33. The summed E-state index contributed by atoms with van der Waals surface area (Å²) in [7, 11) is 1.76. The number of nitrogens with zero attached hydrogens (tertiary/aromatic N) is 2. The van der Waals surface area contributed by atoms with Crippen LogP contribution in [0.25, 0.3) is 11.3 Å². The maximum Gasteiger partial charge on any atom is 0.416 e. The van der Waals surface area contributed by atoms with Crippen LogP contribution in [0.3, 0.4) is 0 Å². The van der Waals surface area contributed by atoms with Gasteiger partial charge in [-0.1, -0.05) is 17.7 Å². The van der Waals surface area contributed by atoms with Crippen molar-refractivity contribution in [1.29, 1.82) is 0 Å². The highest BCUT2D eigenvalue weighted by atomic mass is 35.5. The Balaban J connectivity index is 1.75. The normalized spacial score (nSPS) is 11.4. The summed E-state index contributed by atoms with van der Waals surface area (Å²) < 4.78 is 39.4. The fourth-order valence-electron chi connectivity index (χ4n) is 2.70. The van der Waals surface area contributed by atoms with Crippen LogP contribution in [0.15, 0.2) is 48.7 Å². The van der Waals surface area contributed by atoms with Crippen LogP contribution in [0.5, 0.6) is 0 Å². The van der Waals surface area contributed by atoms with E-state index in [1.165, 1.54) is 18.3 Å². The summed E-state index contributed by atoms with van der Waals surface area (Å²) in [5.41, 5.74) is 2.42. The van der Waals surface area contributed by atoms with Crippen molar-refractivity contribution >= 4 is 29.0 Å². The van der Waals surface area contributed by atoms with Crippen molar-refractivity contribution in [3.63, 3.8) is 0 Å². The Labute approximate surface area is 164 Å². The van der Waals surface area contributed by atoms with E-state index in [1.807, 2.05) is 13.0 Å². The van der Waals surface area contributed by atoms with Crippen LogP contribution < -0.4 is 10.6 Å². The highest BCUT2D eigenvalue weighted by molar-refractivity contribution is 6.33. The van der Waals surface area contributed by atoms with Crippen molar-refractivity contribution in [2.75, 3.05) is 10.6 Å². The summed E-state index contributed by atoms with van der Waals surface area (Å²) in [4.78, 5) is 12.2. The molecule has 0 aliphatic rings. The van der Waals surface area contributed by atoms with Crippen LogP contribution in [0.1, 0.15) is 11.1 Å². The first kappa shape index (κ1) is 19.8. The molecule has 3 aromatic rings. The molecule has 2 aromatic carbocycles. The average molecular weight is 409 g/mol. The predicted octanol–water partition coefficient (Wildman–Crippen LogP) is 5.71. The van der Waals surface area contributed by atoms with Gasteiger partial charge in [0.2, 0.25) is 0 Å². The van der Waals surface area contributed by atoms with E-state index in [4.69, 9.17) is 11.6 Å². The molecule has 0 aliphatic carbocycles. The maximum atomic E-state index is 12.6. The molecule has 0 fully saturated rings. The summed E-state index contributed by atoms with van der Waals surface area (Å²) >= 11 is 6.20. The van der Waals surface area contributed by atoms with Gasteiger partial charge in [0.05, 0.1) is 22.5 Å². The molecule has 9 heteroatoms. The van der Waals surface area contributed by atoms with E-state index >= 15 is 0 Å². The van der Waals surface area contributed by atoms with E-state index in [9.17, 15) is 18.0 Å². The summed E-state index contributed by atoms with van der Waals surface area (Å²) in [5, 5.41) is 9.75. The summed E-state index contributed by atoms with van der Waals surface area (Å²) in [6, 6.07) is 8.92. The quantitative estimate of drug-likeness (QED) is 0.583. The number of hydrogen-bond acceptors (Lipinski definition) is 2. The Morgan fingerprint density at radius 2 is 1.68 bits per heavy atom. The number of amides is 2. The first-order valence-electron chi connectivity index (χ1n) is 8.19. The second-order valence-corrected chi connectivity index (χ2v) is 6.56. The molecule has 2 amide bonds. The van der Waals surface area contributed by atoms with Crippen molar-refractivity contribution in [2.45, 2.75) is 13.1 Å². The van der Waals surface area contributed by atoms with Crippen molar-refractivity contribution in [2.24, 2.45) is 7.05 Å².